The summed E-state index contributed by atoms with van der Waals surface area (Å²) in [7, 11) is 0. The molecule has 0 aliphatic carbocycles. The summed E-state index contributed by atoms with van der Waals surface area (Å²) in [5, 5.41) is 1.01. The van der Waals surface area contributed by atoms with Crippen LogP contribution in [0.3, 0.4) is 0 Å². The van der Waals surface area contributed by atoms with Gasteiger partial charge in [0.2, 0.25) is 0 Å². The topological polar surface area (TPSA) is 67.8 Å². The molecule has 0 aromatic carbocycles. The van der Waals surface area contributed by atoms with Crippen molar-refractivity contribution >= 4 is 33.3 Å². The minimum atomic E-state index is -0.263. The monoisotopic (exact) mass is 418 g/mol. The molecule has 2 saturated heterocycles. The molecule has 2 aromatic heterocycles. The normalized spacial score (nSPS) is 19.0. The van der Waals surface area contributed by atoms with Gasteiger partial charge in [-0.25, -0.2) is 14.8 Å². The highest BCUT2D eigenvalue weighted by Gasteiger charge is 2.26. The van der Waals surface area contributed by atoms with E-state index in [2.05, 4.69) is 19.8 Å². The molecule has 2 aliphatic rings. The van der Waals surface area contributed by atoms with E-state index in [1.807, 2.05) is 13.8 Å². The van der Waals surface area contributed by atoms with Crippen molar-refractivity contribution in [3.05, 3.63) is 16.8 Å². The highest BCUT2D eigenvalue weighted by atomic mass is 32.1. The van der Waals surface area contributed by atoms with E-state index in [1.165, 1.54) is 37.1 Å². The maximum atomic E-state index is 12.3. The van der Waals surface area contributed by atoms with Gasteiger partial charge in [0.1, 0.15) is 21.9 Å². The van der Waals surface area contributed by atoms with Gasteiger partial charge in [0.15, 0.2) is 0 Å². The number of carbonyl (C=O) groups excluding carboxylic acids is 1. The van der Waals surface area contributed by atoms with Crippen LogP contribution >= 0.6 is 11.3 Å². The molecule has 0 bridgehead atoms. The summed E-state index contributed by atoms with van der Waals surface area (Å²) in [6.45, 7) is 11.2. The Balaban J connectivity index is 1.42. The summed E-state index contributed by atoms with van der Waals surface area (Å²) >= 11 is 1.41. The van der Waals surface area contributed by atoms with Crippen LogP contribution in [0.1, 0.15) is 41.4 Å². The first-order valence-electron chi connectivity index (χ1n) is 10.6. The molecular formula is C21H30N4O3S. The number of thiophene rings is 1. The molecule has 0 N–H and O–H groups in total. The summed E-state index contributed by atoms with van der Waals surface area (Å²) in [5.41, 5.74) is 0.938. The summed E-state index contributed by atoms with van der Waals surface area (Å²) in [4.78, 5) is 27.7. The Morgan fingerprint density at radius 1 is 1.24 bits per heavy atom. The fraction of sp³-hybridized carbons (Fsp3) is 0.667. The second-order valence-electron chi connectivity index (χ2n) is 7.83. The van der Waals surface area contributed by atoms with Gasteiger partial charge in [-0.3, -0.25) is 4.90 Å². The number of nitrogens with zero attached hydrogens (tertiary/aromatic N) is 4. The molecule has 0 unspecified atom stereocenters. The fourth-order valence-electron chi connectivity index (χ4n) is 4.31. The number of hydrogen-bond acceptors (Lipinski definition) is 8. The maximum Gasteiger partial charge on any atom is 0.348 e. The number of ether oxygens (including phenoxy) is 2. The Kier molecular flexibility index (Phi) is 6.62. The van der Waals surface area contributed by atoms with Crippen molar-refractivity contribution in [1.82, 2.24) is 14.9 Å². The molecule has 0 radical (unpaired) electrons. The molecule has 2 aromatic rings. The predicted octanol–water partition coefficient (Wildman–Crippen LogP) is 3.12. The highest BCUT2D eigenvalue weighted by molar-refractivity contribution is 7.20. The van der Waals surface area contributed by atoms with Gasteiger partial charge in [0.05, 0.1) is 25.2 Å². The lowest BCUT2D eigenvalue weighted by Crippen LogP contribution is -2.39. The molecule has 8 heteroatoms. The van der Waals surface area contributed by atoms with Crippen molar-refractivity contribution in [2.75, 3.05) is 57.4 Å². The van der Waals surface area contributed by atoms with Crippen LogP contribution in [0.15, 0.2) is 6.33 Å². The van der Waals surface area contributed by atoms with Crippen LogP contribution < -0.4 is 4.90 Å². The summed E-state index contributed by atoms with van der Waals surface area (Å²) in [6.07, 6.45) is 5.25. The number of carbonyl (C=O) groups is 1. The van der Waals surface area contributed by atoms with Crippen molar-refractivity contribution in [3.63, 3.8) is 0 Å². The Labute approximate surface area is 176 Å². The van der Waals surface area contributed by atoms with Crippen molar-refractivity contribution in [1.29, 1.82) is 0 Å². The lowest BCUT2D eigenvalue weighted by molar-refractivity contribution is 0.0349. The van der Waals surface area contributed by atoms with E-state index in [4.69, 9.17) is 9.47 Å². The standard InChI is InChI=1S/C21H30N4O3S/c1-3-28-21(26)18-15(2)17-19(22-14-23-20(17)29-18)25-8-5-16(6-9-25)4-7-24-10-12-27-13-11-24/h14,16H,3-13H2,1-2H3. The van der Waals surface area contributed by atoms with Gasteiger partial charge in [-0.2, -0.15) is 0 Å². The number of aryl methyl sites for hydroxylation is 1. The van der Waals surface area contributed by atoms with Crippen LogP contribution in [0.4, 0.5) is 5.82 Å². The van der Waals surface area contributed by atoms with E-state index in [1.54, 1.807) is 6.33 Å². The molecule has 0 amide bonds. The number of morpholine rings is 1. The lowest BCUT2D eigenvalue weighted by atomic mass is 9.93. The van der Waals surface area contributed by atoms with Crippen LogP contribution in [0, 0.1) is 12.8 Å². The Hall–Kier alpha value is -1.77. The minimum absolute atomic E-state index is 0.263. The van der Waals surface area contributed by atoms with E-state index in [0.29, 0.717) is 11.5 Å². The molecular weight excluding hydrogens is 388 g/mol. The van der Waals surface area contributed by atoms with Gasteiger partial charge in [0, 0.05) is 26.2 Å². The van der Waals surface area contributed by atoms with Gasteiger partial charge in [0.25, 0.3) is 0 Å². The number of aromatic nitrogens is 2. The van der Waals surface area contributed by atoms with Crippen LogP contribution in [-0.4, -0.2) is 73.4 Å². The van der Waals surface area contributed by atoms with Gasteiger partial charge in [-0.15, -0.1) is 11.3 Å². The number of rotatable bonds is 6. The van der Waals surface area contributed by atoms with E-state index in [-0.39, 0.29) is 5.97 Å². The maximum absolute atomic E-state index is 12.3. The second-order valence-corrected chi connectivity index (χ2v) is 8.83. The number of anilines is 1. The second kappa shape index (κ2) is 9.36. The molecule has 29 heavy (non-hydrogen) atoms. The summed E-state index contributed by atoms with van der Waals surface area (Å²) in [5.74, 6) is 1.47. The van der Waals surface area contributed by atoms with Gasteiger partial charge >= 0.3 is 5.97 Å². The SMILES string of the molecule is CCOC(=O)c1sc2ncnc(N3CCC(CCN4CCOCC4)CC3)c2c1C. The zero-order valence-electron chi connectivity index (χ0n) is 17.4. The lowest BCUT2D eigenvalue weighted by Gasteiger charge is -2.34. The third kappa shape index (κ3) is 4.54. The van der Waals surface area contributed by atoms with E-state index < -0.39 is 0 Å². The molecule has 2 aliphatic heterocycles. The minimum Gasteiger partial charge on any atom is -0.462 e. The first-order chi connectivity index (χ1) is 14.2. The van der Waals surface area contributed by atoms with Gasteiger partial charge in [-0.1, -0.05) is 0 Å². The Morgan fingerprint density at radius 2 is 2.00 bits per heavy atom. The largest absolute Gasteiger partial charge is 0.462 e. The number of esters is 1. The zero-order valence-corrected chi connectivity index (χ0v) is 18.2. The third-order valence-electron chi connectivity index (χ3n) is 6.04. The van der Waals surface area contributed by atoms with Crippen LogP contribution in [0.25, 0.3) is 10.2 Å². The van der Waals surface area contributed by atoms with Gasteiger partial charge in [-0.05, 0) is 51.1 Å². The molecule has 0 spiro atoms. The molecule has 2 fully saturated rings. The molecule has 4 rings (SSSR count). The highest BCUT2D eigenvalue weighted by Crippen LogP contribution is 2.36. The zero-order chi connectivity index (χ0) is 20.2. The van der Waals surface area contributed by atoms with E-state index in [9.17, 15) is 4.79 Å². The summed E-state index contributed by atoms with van der Waals surface area (Å²) in [6, 6.07) is 0. The van der Waals surface area contributed by atoms with Crippen LogP contribution in [0.2, 0.25) is 0 Å². The number of piperidine rings is 1. The Bertz CT molecular complexity index is 842. The van der Waals surface area contributed by atoms with Crippen molar-refractivity contribution in [2.24, 2.45) is 5.92 Å². The van der Waals surface area contributed by atoms with Crippen LogP contribution in [0.5, 0.6) is 0 Å². The predicted molar refractivity (Wildman–Crippen MR) is 115 cm³/mol. The molecule has 4 heterocycles. The molecule has 158 valence electrons. The number of hydrogen-bond donors (Lipinski definition) is 0. The third-order valence-corrected chi connectivity index (χ3v) is 7.22. The average Bonchev–Trinajstić information content (AvgIpc) is 3.10. The first-order valence-corrected chi connectivity index (χ1v) is 11.4. The average molecular weight is 419 g/mol. The molecule has 0 saturated carbocycles. The van der Waals surface area contributed by atoms with E-state index >= 15 is 0 Å². The summed E-state index contributed by atoms with van der Waals surface area (Å²) < 4.78 is 10.7. The number of fused-ring (bicyclic) bond motifs is 1. The van der Waals surface area contributed by atoms with Crippen molar-refractivity contribution in [2.45, 2.75) is 33.1 Å². The smallest absolute Gasteiger partial charge is 0.348 e. The molecule has 0 atom stereocenters. The van der Waals surface area contributed by atoms with Crippen LogP contribution in [-0.2, 0) is 9.47 Å². The van der Waals surface area contributed by atoms with Gasteiger partial charge < -0.3 is 14.4 Å². The Morgan fingerprint density at radius 3 is 2.72 bits per heavy atom. The quantitative estimate of drug-likeness (QED) is 0.668. The first kappa shape index (κ1) is 20.5. The fourth-order valence-corrected chi connectivity index (χ4v) is 5.34. The van der Waals surface area contributed by atoms with Crippen molar-refractivity contribution < 1.29 is 14.3 Å². The van der Waals surface area contributed by atoms with Crippen molar-refractivity contribution in [3.8, 4) is 0 Å². The van der Waals surface area contributed by atoms with E-state index in [0.717, 1.165) is 66.9 Å². The molecule has 7 nitrogen and oxygen atoms in total.